The number of fused-ring (bicyclic) bond motifs is 1. The number of hydrogen-bond acceptors (Lipinski definition) is 2. The van der Waals surface area contributed by atoms with Gasteiger partial charge >= 0.3 is 5.97 Å². The van der Waals surface area contributed by atoms with Crippen molar-refractivity contribution in [3.8, 4) is 0 Å². The highest BCUT2D eigenvalue weighted by Gasteiger charge is 2.25. The van der Waals surface area contributed by atoms with Crippen LogP contribution >= 0.6 is 0 Å². The number of carboxylic acids is 1. The number of hydrogen-bond donors (Lipinski definition) is 1. The minimum Gasteiger partial charge on any atom is -0.481 e. The first-order valence-electron chi connectivity index (χ1n) is 6.95. The van der Waals surface area contributed by atoms with Crippen molar-refractivity contribution in [3.05, 3.63) is 53.1 Å². The standard InChI is InChI=1S/C16H18N2O2/c1-11-2-4-12(5-3-11)8-14-10-18-7-6-13(16(19)20)9-15(18)17-14/h2-5,10,13H,6-9H2,1H3,(H,19,20). The first-order valence-corrected chi connectivity index (χ1v) is 6.95. The molecule has 0 fully saturated rings. The van der Waals surface area contributed by atoms with Crippen LogP contribution in [0.2, 0.25) is 0 Å². The molecule has 2 heterocycles. The van der Waals surface area contributed by atoms with E-state index in [1.54, 1.807) is 0 Å². The molecule has 1 N–H and O–H groups in total. The number of benzene rings is 1. The highest BCUT2D eigenvalue weighted by atomic mass is 16.4. The Bertz CT molecular complexity index is 628. The predicted octanol–water partition coefficient (Wildman–Crippen LogP) is 2.43. The predicted molar refractivity (Wildman–Crippen MR) is 75.7 cm³/mol. The van der Waals surface area contributed by atoms with Gasteiger partial charge in [-0.05, 0) is 18.9 Å². The third-order valence-electron chi connectivity index (χ3n) is 3.91. The molecule has 1 aliphatic rings. The van der Waals surface area contributed by atoms with Gasteiger partial charge in [-0.1, -0.05) is 29.8 Å². The first kappa shape index (κ1) is 12.9. The number of nitrogens with zero attached hydrogens (tertiary/aromatic N) is 2. The molecular formula is C16H18N2O2. The van der Waals surface area contributed by atoms with Crippen molar-refractivity contribution in [1.82, 2.24) is 9.55 Å². The molecule has 20 heavy (non-hydrogen) atoms. The molecule has 0 amide bonds. The molecule has 1 aliphatic heterocycles. The van der Waals surface area contributed by atoms with Crippen LogP contribution in [0.15, 0.2) is 30.5 Å². The van der Waals surface area contributed by atoms with Gasteiger partial charge in [-0.2, -0.15) is 0 Å². The Kier molecular flexibility index (Phi) is 3.30. The molecule has 1 aromatic carbocycles. The van der Waals surface area contributed by atoms with Crippen LogP contribution in [-0.2, 0) is 24.2 Å². The van der Waals surface area contributed by atoms with Crippen molar-refractivity contribution in [2.45, 2.75) is 32.7 Å². The van der Waals surface area contributed by atoms with Gasteiger partial charge in [-0.25, -0.2) is 4.98 Å². The van der Waals surface area contributed by atoms with E-state index >= 15 is 0 Å². The maximum atomic E-state index is 11.1. The third kappa shape index (κ3) is 2.59. The Labute approximate surface area is 118 Å². The lowest BCUT2D eigenvalue weighted by Gasteiger charge is -2.19. The van der Waals surface area contributed by atoms with Crippen LogP contribution in [0.25, 0.3) is 0 Å². The molecule has 4 nitrogen and oxygen atoms in total. The van der Waals surface area contributed by atoms with Gasteiger partial charge < -0.3 is 9.67 Å². The minimum absolute atomic E-state index is 0.280. The number of carboxylic acid groups (broad SMARTS) is 1. The summed E-state index contributed by atoms with van der Waals surface area (Å²) >= 11 is 0. The molecule has 0 bridgehead atoms. The van der Waals surface area contributed by atoms with E-state index in [4.69, 9.17) is 5.11 Å². The van der Waals surface area contributed by atoms with E-state index in [9.17, 15) is 4.79 Å². The van der Waals surface area contributed by atoms with Gasteiger partial charge in [0, 0.05) is 25.6 Å². The smallest absolute Gasteiger partial charge is 0.307 e. The second-order valence-electron chi connectivity index (χ2n) is 5.53. The number of rotatable bonds is 3. The summed E-state index contributed by atoms with van der Waals surface area (Å²) in [5.41, 5.74) is 3.51. The fourth-order valence-corrected chi connectivity index (χ4v) is 2.70. The van der Waals surface area contributed by atoms with Gasteiger partial charge in [0.15, 0.2) is 0 Å². The zero-order chi connectivity index (χ0) is 14.1. The monoisotopic (exact) mass is 270 g/mol. The fourth-order valence-electron chi connectivity index (χ4n) is 2.70. The van der Waals surface area contributed by atoms with Crippen molar-refractivity contribution in [2.75, 3.05) is 0 Å². The Hall–Kier alpha value is -2.10. The van der Waals surface area contributed by atoms with Crippen LogP contribution in [0, 0.1) is 12.8 Å². The van der Waals surface area contributed by atoms with Crippen LogP contribution in [0.3, 0.4) is 0 Å². The minimum atomic E-state index is -0.709. The molecule has 3 rings (SSSR count). The summed E-state index contributed by atoms with van der Waals surface area (Å²) in [6.45, 7) is 2.83. The van der Waals surface area contributed by atoms with Crippen molar-refractivity contribution >= 4 is 5.97 Å². The SMILES string of the molecule is Cc1ccc(Cc2cn3c(n2)CC(C(=O)O)CC3)cc1. The second kappa shape index (κ2) is 5.12. The molecule has 0 spiro atoms. The quantitative estimate of drug-likeness (QED) is 0.932. The van der Waals surface area contributed by atoms with E-state index in [2.05, 4.69) is 46.9 Å². The molecule has 104 valence electrons. The lowest BCUT2D eigenvalue weighted by molar-refractivity contribution is -0.142. The normalized spacial score (nSPS) is 17.8. The van der Waals surface area contributed by atoms with E-state index < -0.39 is 5.97 Å². The molecule has 1 aromatic heterocycles. The number of imidazole rings is 1. The summed E-state index contributed by atoms with van der Waals surface area (Å²) < 4.78 is 2.10. The molecule has 1 atom stereocenters. The van der Waals surface area contributed by atoms with Gasteiger partial charge in [0.1, 0.15) is 5.82 Å². The lowest BCUT2D eigenvalue weighted by atomic mass is 9.98. The Morgan fingerprint density at radius 1 is 1.40 bits per heavy atom. The molecule has 0 saturated carbocycles. The fraction of sp³-hybridized carbons (Fsp3) is 0.375. The van der Waals surface area contributed by atoms with Crippen LogP contribution in [-0.4, -0.2) is 20.6 Å². The highest BCUT2D eigenvalue weighted by Crippen LogP contribution is 2.21. The Morgan fingerprint density at radius 3 is 2.85 bits per heavy atom. The molecule has 2 aromatic rings. The average Bonchev–Trinajstić information content (AvgIpc) is 2.82. The Morgan fingerprint density at radius 2 is 2.15 bits per heavy atom. The van der Waals surface area contributed by atoms with Crippen molar-refractivity contribution in [3.63, 3.8) is 0 Å². The van der Waals surface area contributed by atoms with E-state index in [0.29, 0.717) is 12.8 Å². The van der Waals surface area contributed by atoms with Crippen molar-refractivity contribution in [2.24, 2.45) is 5.92 Å². The van der Waals surface area contributed by atoms with Crippen LogP contribution < -0.4 is 0 Å². The van der Waals surface area contributed by atoms with Crippen LogP contribution in [0.5, 0.6) is 0 Å². The van der Waals surface area contributed by atoms with Crippen LogP contribution in [0.4, 0.5) is 0 Å². The average molecular weight is 270 g/mol. The van der Waals surface area contributed by atoms with E-state index in [1.165, 1.54) is 11.1 Å². The summed E-state index contributed by atoms with van der Waals surface area (Å²) in [4.78, 5) is 15.7. The van der Waals surface area contributed by atoms with Gasteiger partial charge in [0.05, 0.1) is 11.6 Å². The molecule has 1 unspecified atom stereocenters. The molecule has 4 heteroatoms. The largest absolute Gasteiger partial charge is 0.481 e. The Balaban J connectivity index is 1.77. The number of aliphatic carboxylic acids is 1. The van der Waals surface area contributed by atoms with Gasteiger partial charge in [-0.3, -0.25) is 4.79 Å². The van der Waals surface area contributed by atoms with Crippen LogP contribution in [0.1, 0.15) is 29.1 Å². The summed E-state index contributed by atoms with van der Waals surface area (Å²) in [6.07, 6.45) is 4.11. The maximum Gasteiger partial charge on any atom is 0.307 e. The molecule has 0 saturated heterocycles. The maximum absolute atomic E-state index is 11.1. The first-order chi connectivity index (χ1) is 9.61. The summed E-state index contributed by atoms with van der Waals surface area (Å²) in [5, 5.41) is 9.09. The van der Waals surface area contributed by atoms with Gasteiger partial charge in [-0.15, -0.1) is 0 Å². The van der Waals surface area contributed by atoms with Gasteiger partial charge in [0.25, 0.3) is 0 Å². The van der Waals surface area contributed by atoms with E-state index in [1.807, 2.05) is 0 Å². The summed E-state index contributed by atoms with van der Waals surface area (Å²) in [5.74, 6) is -0.0813. The molecule has 0 aliphatic carbocycles. The van der Waals surface area contributed by atoms with Crippen molar-refractivity contribution < 1.29 is 9.90 Å². The topological polar surface area (TPSA) is 55.1 Å². The van der Waals surface area contributed by atoms with Gasteiger partial charge in [0.2, 0.25) is 0 Å². The number of carbonyl (C=O) groups is 1. The lowest BCUT2D eigenvalue weighted by Crippen LogP contribution is -2.25. The zero-order valence-corrected chi connectivity index (χ0v) is 11.5. The molecular weight excluding hydrogens is 252 g/mol. The third-order valence-corrected chi connectivity index (χ3v) is 3.91. The highest BCUT2D eigenvalue weighted by molar-refractivity contribution is 5.70. The van der Waals surface area contributed by atoms with E-state index in [-0.39, 0.29) is 5.92 Å². The zero-order valence-electron chi connectivity index (χ0n) is 11.5. The number of aromatic nitrogens is 2. The summed E-state index contributed by atoms with van der Waals surface area (Å²) in [7, 11) is 0. The molecule has 0 radical (unpaired) electrons. The summed E-state index contributed by atoms with van der Waals surface area (Å²) in [6, 6.07) is 8.44. The second-order valence-corrected chi connectivity index (χ2v) is 5.53. The van der Waals surface area contributed by atoms with Crippen molar-refractivity contribution in [1.29, 1.82) is 0 Å². The van der Waals surface area contributed by atoms with E-state index in [0.717, 1.165) is 24.5 Å². The number of aryl methyl sites for hydroxylation is 2.